The Balaban J connectivity index is 2.63. The van der Waals surface area contributed by atoms with Crippen molar-refractivity contribution < 1.29 is 5.21 Å². The molecule has 76 valence electrons. The van der Waals surface area contributed by atoms with Gasteiger partial charge in [-0.1, -0.05) is 25.4 Å². The third kappa shape index (κ3) is 2.44. The first-order valence-corrected chi connectivity index (χ1v) is 5.28. The summed E-state index contributed by atoms with van der Waals surface area (Å²) in [6.45, 7) is 6.40. The highest BCUT2D eigenvalue weighted by Gasteiger charge is 2.24. The van der Waals surface area contributed by atoms with E-state index >= 15 is 0 Å². The van der Waals surface area contributed by atoms with Gasteiger partial charge < -0.3 is 5.21 Å². The molecule has 0 bridgehead atoms. The fourth-order valence-corrected chi connectivity index (χ4v) is 2.15. The number of nitrogens with zero attached hydrogens (tertiary/aromatic N) is 2. The van der Waals surface area contributed by atoms with Crippen LogP contribution in [-0.4, -0.2) is 35.0 Å². The predicted octanol–water partition coefficient (Wildman–Crippen LogP) is 2.10. The van der Waals surface area contributed by atoms with Crippen molar-refractivity contribution in [2.24, 2.45) is 5.16 Å². The highest BCUT2D eigenvalue weighted by molar-refractivity contribution is 5.89. The van der Waals surface area contributed by atoms with E-state index in [-0.39, 0.29) is 0 Å². The largest absolute Gasteiger partial charge is 0.411 e. The second-order valence-corrected chi connectivity index (χ2v) is 3.57. The summed E-state index contributed by atoms with van der Waals surface area (Å²) in [4.78, 5) is 2.37. The topological polar surface area (TPSA) is 35.8 Å². The molecule has 1 rings (SSSR count). The van der Waals surface area contributed by atoms with Crippen LogP contribution in [0.4, 0.5) is 0 Å². The van der Waals surface area contributed by atoms with Crippen LogP contribution < -0.4 is 0 Å². The first-order chi connectivity index (χ1) is 6.33. The van der Waals surface area contributed by atoms with E-state index in [2.05, 4.69) is 23.9 Å². The highest BCUT2D eigenvalue weighted by atomic mass is 16.4. The zero-order chi connectivity index (χ0) is 9.68. The van der Waals surface area contributed by atoms with Crippen molar-refractivity contribution in [3.05, 3.63) is 0 Å². The van der Waals surface area contributed by atoms with E-state index in [0.29, 0.717) is 6.04 Å². The maximum absolute atomic E-state index is 8.86. The summed E-state index contributed by atoms with van der Waals surface area (Å²) >= 11 is 0. The second kappa shape index (κ2) is 5.22. The smallest absolute Gasteiger partial charge is 0.0742 e. The predicted molar refractivity (Wildman–Crippen MR) is 54.4 cm³/mol. The molecule has 1 aliphatic carbocycles. The van der Waals surface area contributed by atoms with Crippen LogP contribution in [0.25, 0.3) is 0 Å². The van der Waals surface area contributed by atoms with E-state index in [0.717, 1.165) is 31.6 Å². The molecule has 0 aromatic heterocycles. The van der Waals surface area contributed by atoms with E-state index in [1.165, 1.54) is 12.8 Å². The third-order valence-corrected chi connectivity index (χ3v) is 2.93. The Labute approximate surface area is 80.4 Å². The van der Waals surface area contributed by atoms with E-state index in [1.807, 2.05) is 0 Å². The molecule has 1 saturated carbocycles. The fourth-order valence-electron chi connectivity index (χ4n) is 2.15. The summed E-state index contributed by atoms with van der Waals surface area (Å²) in [7, 11) is 0. The van der Waals surface area contributed by atoms with Crippen molar-refractivity contribution in [1.29, 1.82) is 0 Å². The van der Waals surface area contributed by atoms with Crippen molar-refractivity contribution in [3.63, 3.8) is 0 Å². The van der Waals surface area contributed by atoms with Crippen molar-refractivity contribution in [1.82, 2.24) is 4.90 Å². The van der Waals surface area contributed by atoms with Gasteiger partial charge in [0.15, 0.2) is 0 Å². The van der Waals surface area contributed by atoms with Gasteiger partial charge in [0.25, 0.3) is 0 Å². The molecule has 3 nitrogen and oxygen atoms in total. The van der Waals surface area contributed by atoms with E-state index in [9.17, 15) is 0 Å². The summed E-state index contributed by atoms with van der Waals surface area (Å²) in [6.07, 6.45) is 4.57. The minimum absolute atomic E-state index is 0.397. The molecule has 0 heterocycles. The molecule has 0 aromatic carbocycles. The Morgan fingerprint density at radius 1 is 1.38 bits per heavy atom. The molecular formula is C10H20N2O. The molecule has 1 N–H and O–H groups in total. The average molecular weight is 184 g/mol. The van der Waals surface area contributed by atoms with E-state index < -0.39 is 0 Å². The van der Waals surface area contributed by atoms with Crippen LogP contribution in [0.15, 0.2) is 5.16 Å². The number of hydrogen-bond donors (Lipinski definition) is 1. The normalized spacial score (nSPS) is 27.0. The summed E-state index contributed by atoms with van der Waals surface area (Å²) in [5, 5.41) is 12.3. The minimum Gasteiger partial charge on any atom is -0.411 e. The van der Waals surface area contributed by atoms with Crippen LogP contribution in [0.3, 0.4) is 0 Å². The Morgan fingerprint density at radius 2 is 2.08 bits per heavy atom. The van der Waals surface area contributed by atoms with Gasteiger partial charge in [0, 0.05) is 0 Å². The first kappa shape index (κ1) is 10.5. The number of rotatable bonds is 3. The van der Waals surface area contributed by atoms with Crippen molar-refractivity contribution >= 4 is 5.71 Å². The van der Waals surface area contributed by atoms with E-state index in [1.54, 1.807) is 0 Å². The van der Waals surface area contributed by atoms with Gasteiger partial charge in [0.2, 0.25) is 0 Å². The molecule has 0 aliphatic heterocycles. The lowest BCUT2D eigenvalue weighted by molar-refractivity contribution is 0.232. The third-order valence-electron chi connectivity index (χ3n) is 2.93. The Kier molecular flexibility index (Phi) is 4.22. The van der Waals surface area contributed by atoms with Crippen LogP contribution in [-0.2, 0) is 0 Å². The van der Waals surface area contributed by atoms with Gasteiger partial charge >= 0.3 is 0 Å². The summed E-state index contributed by atoms with van der Waals surface area (Å²) < 4.78 is 0. The van der Waals surface area contributed by atoms with Gasteiger partial charge in [-0.2, -0.15) is 0 Å². The molecule has 1 unspecified atom stereocenters. The summed E-state index contributed by atoms with van der Waals surface area (Å²) in [6, 6.07) is 0.397. The van der Waals surface area contributed by atoms with Gasteiger partial charge in [0.1, 0.15) is 0 Å². The van der Waals surface area contributed by atoms with Crippen molar-refractivity contribution in [2.45, 2.75) is 45.6 Å². The lowest BCUT2D eigenvalue weighted by Crippen LogP contribution is -2.42. The first-order valence-electron chi connectivity index (χ1n) is 5.28. The molecule has 0 saturated heterocycles. The minimum atomic E-state index is 0.397. The monoisotopic (exact) mass is 184 g/mol. The maximum Gasteiger partial charge on any atom is 0.0742 e. The van der Waals surface area contributed by atoms with Crippen LogP contribution >= 0.6 is 0 Å². The molecule has 0 aromatic rings. The molecule has 13 heavy (non-hydrogen) atoms. The van der Waals surface area contributed by atoms with Crippen LogP contribution in [0.2, 0.25) is 0 Å². The molecule has 3 heteroatoms. The molecule has 1 fully saturated rings. The molecule has 1 aliphatic rings. The zero-order valence-corrected chi connectivity index (χ0v) is 8.66. The molecule has 0 amide bonds. The SMILES string of the molecule is CCN(CC)C1CCCCC1=NO. The van der Waals surface area contributed by atoms with E-state index in [4.69, 9.17) is 5.21 Å². The average Bonchev–Trinajstić information content (AvgIpc) is 2.20. The molecule has 0 spiro atoms. The molecule has 0 radical (unpaired) electrons. The lowest BCUT2D eigenvalue weighted by Gasteiger charge is -2.32. The standard InChI is InChI=1S/C10H20N2O/c1-3-12(4-2)10-8-6-5-7-9(10)11-13/h10,13H,3-8H2,1-2H3. The fraction of sp³-hybridized carbons (Fsp3) is 0.900. The highest BCUT2D eigenvalue weighted by Crippen LogP contribution is 2.20. The summed E-state index contributed by atoms with van der Waals surface area (Å²) in [5.41, 5.74) is 0.981. The number of oxime groups is 1. The Morgan fingerprint density at radius 3 is 2.62 bits per heavy atom. The Bertz CT molecular complexity index is 176. The van der Waals surface area contributed by atoms with Gasteiger partial charge in [-0.15, -0.1) is 0 Å². The van der Waals surface area contributed by atoms with Gasteiger partial charge in [-0.3, -0.25) is 4.90 Å². The van der Waals surface area contributed by atoms with Crippen molar-refractivity contribution in [2.75, 3.05) is 13.1 Å². The van der Waals surface area contributed by atoms with Crippen LogP contribution in [0.5, 0.6) is 0 Å². The van der Waals surface area contributed by atoms with Gasteiger partial charge in [-0.25, -0.2) is 0 Å². The van der Waals surface area contributed by atoms with Crippen LogP contribution in [0, 0.1) is 0 Å². The quantitative estimate of drug-likeness (QED) is 0.538. The lowest BCUT2D eigenvalue weighted by atomic mass is 9.92. The van der Waals surface area contributed by atoms with Crippen LogP contribution in [0.1, 0.15) is 39.5 Å². The van der Waals surface area contributed by atoms with Crippen molar-refractivity contribution in [3.8, 4) is 0 Å². The second-order valence-electron chi connectivity index (χ2n) is 3.57. The summed E-state index contributed by atoms with van der Waals surface area (Å²) in [5.74, 6) is 0. The molecule has 1 atom stereocenters. The Hall–Kier alpha value is -0.570. The molecular weight excluding hydrogens is 164 g/mol. The van der Waals surface area contributed by atoms with Gasteiger partial charge in [0.05, 0.1) is 11.8 Å². The maximum atomic E-state index is 8.86. The van der Waals surface area contributed by atoms with Gasteiger partial charge in [-0.05, 0) is 32.4 Å². The number of hydrogen-bond acceptors (Lipinski definition) is 3. The zero-order valence-electron chi connectivity index (χ0n) is 8.66.